The van der Waals surface area contributed by atoms with E-state index in [1.807, 2.05) is 4.90 Å². The highest BCUT2D eigenvalue weighted by Crippen LogP contribution is 2.34. The van der Waals surface area contributed by atoms with Crippen molar-refractivity contribution in [1.29, 1.82) is 0 Å². The summed E-state index contributed by atoms with van der Waals surface area (Å²) in [5.74, 6) is -4.26. The summed E-state index contributed by atoms with van der Waals surface area (Å²) in [5.41, 5.74) is 1.91. The van der Waals surface area contributed by atoms with Crippen molar-refractivity contribution in [3.8, 4) is 11.1 Å². The number of alkyl halides is 1. The van der Waals surface area contributed by atoms with Gasteiger partial charge in [0.05, 0.1) is 12.5 Å². The number of likely N-dealkylation sites (tertiary alicyclic amines) is 1. The Hall–Kier alpha value is -3.64. The summed E-state index contributed by atoms with van der Waals surface area (Å²) in [5, 5.41) is 12.3. The zero-order chi connectivity index (χ0) is 32.3. The molecule has 0 spiro atoms. The van der Waals surface area contributed by atoms with Crippen LogP contribution in [0.1, 0.15) is 66.1 Å². The number of carbonyl (C=O) groups is 2. The number of carboxylic acids is 1. The second-order valence-corrected chi connectivity index (χ2v) is 11.6. The first kappa shape index (κ1) is 35.8. The molecule has 3 aromatic rings. The van der Waals surface area contributed by atoms with Gasteiger partial charge < -0.3 is 15.0 Å². The average molecular weight is 650 g/mol. The van der Waals surface area contributed by atoms with Crippen molar-refractivity contribution in [2.24, 2.45) is 0 Å². The van der Waals surface area contributed by atoms with Crippen LogP contribution in [-0.2, 0) is 16.0 Å². The molecule has 7 nitrogen and oxygen atoms in total. The third kappa shape index (κ3) is 8.35. The molecular weight excluding hydrogens is 610 g/mol. The van der Waals surface area contributed by atoms with Crippen LogP contribution in [0.3, 0.4) is 0 Å². The molecule has 45 heavy (non-hydrogen) atoms. The molecular formula is C33H39F4N3O4S. The van der Waals surface area contributed by atoms with E-state index in [1.165, 1.54) is 31.3 Å². The third-order valence-corrected chi connectivity index (χ3v) is 8.03. The Balaban J connectivity index is 0.00000552. The van der Waals surface area contributed by atoms with Gasteiger partial charge in [0.15, 0.2) is 5.82 Å². The number of carboxylic acid groups (broad SMARTS) is 1. The van der Waals surface area contributed by atoms with E-state index in [-0.39, 0.29) is 44.1 Å². The Bertz CT molecular complexity index is 1600. The molecule has 1 aliphatic rings. The normalized spacial score (nSPS) is 14.8. The minimum atomic E-state index is -1.33. The quantitative estimate of drug-likeness (QED) is 0.241. The number of hydrogen-bond acceptors (Lipinski definition) is 4. The van der Waals surface area contributed by atoms with Crippen LogP contribution in [0.25, 0.3) is 11.1 Å². The topological polar surface area (TPSA) is 91.6 Å². The number of nitrogens with one attached hydrogen (secondary N) is 1. The Morgan fingerprint density at radius 1 is 1.02 bits per heavy atom. The van der Waals surface area contributed by atoms with Gasteiger partial charge in [0.25, 0.3) is 5.56 Å². The number of aryl methyl sites for hydroxylation is 3. The zero-order valence-corrected chi connectivity index (χ0v) is 26.7. The number of nitrogens with zero attached hydrogens (tertiary/aromatic N) is 2. The van der Waals surface area contributed by atoms with Gasteiger partial charge in [-0.05, 0) is 97.3 Å². The van der Waals surface area contributed by atoms with E-state index in [0.717, 1.165) is 10.6 Å². The number of aromatic nitrogens is 1. The third-order valence-electron chi connectivity index (χ3n) is 8.03. The predicted octanol–water partition coefficient (Wildman–Crippen LogP) is 5.84. The fourth-order valence-corrected chi connectivity index (χ4v) is 5.88. The highest BCUT2D eigenvalue weighted by atomic mass is 32.1. The zero-order valence-electron chi connectivity index (χ0n) is 25.7. The Morgan fingerprint density at radius 3 is 2.24 bits per heavy atom. The molecule has 244 valence electrons. The van der Waals surface area contributed by atoms with Crippen molar-refractivity contribution in [3.05, 3.63) is 92.2 Å². The summed E-state index contributed by atoms with van der Waals surface area (Å²) < 4.78 is 58.6. The molecule has 1 aliphatic heterocycles. The molecule has 1 saturated heterocycles. The highest BCUT2D eigenvalue weighted by molar-refractivity contribution is 7.59. The van der Waals surface area contributed by atoms with Gasteiger partial charge in [-0.25, -0.2) is 17.6 Å². The van der Waals surface area contributed by atoms with Gasteiger partial charge >= 0.3 is 5.97 Å². The summed E-state index contributed by atoms with van der Waals surface area (Å²) in [6.45, 7) is 7.72. The van der Waals surface area contributed by atoms with Gasteiger partial charge in [0.1, 0.15) is 23.8 Å². The fourth-order valence-electron chi connectivity index (χ4n) is 5.88. The van der Waals surface area contributed by atoms with Gasteiger partial charge in [-0.1, -0.05) is 13.3 Å². The number of halogens is 4. The molecule has 2 heterocycles. The van der Waals surface area contributed by atoms with E-state index in [1.54, 1.807) is 26.8 Å². The van der Waals surface area contributed by atoms with Gasteiger partial charge in [0.2, 0.25) is 5.91 Å². The Morgan fingerprint density at radius 2 is 1.67 bits per heavy atom. The largest absolute Gasteiger partial charge is 0.481 e. The van der Waals surface area contributed by atoms with Gasteiger partial charge in [-0.3, -0.25) is 19.3 Å². The number of rotatable bonds is 12. The number of benzene rings is 2. The van der Waals surface area contributed by atoms with Crippen molar-refractivity contribution < 1.29 is 32.3 Å². The number of pyridine rings is 1. The molecule has 0 bridgehead atoms. The van der Waals surface area contributed by atoms with Crippen molar-refractivity contribution >= 4 is 25.4 Å². The molecule has 0 aliphatic carbocycles. The molecule has 1 fully saturated rings. The molecule has 1 unspecified atom stereocenters. The molecule has 0 saturated carbocycles. The standard InChI is InChI=1S/C33H37F4N3O4.H2S/c1-5-6-28(40-15-21(12-26(36)33(40)44)7-8-39-16-24(35)17-39)32(43)38-27(14-29(41)42)25-13-22(9-20(4)31(25)37)30-18(2)10-23(34)11-19(30)3;/h9-13,15,24,27-28H,5-8,14,16-17H2,1-4H3,(H,38,43)(H,41,42);1H2/t27-,28?;/m0./s1. The van der Waals surface area contributed by atoms with Crippen LogP contribution in [-0.4, -0.2) is 52.3 Å². The van der Waals surface area contributed by atoms with Crippen molar-refractivity contribution in [2.45, 2.75) is 71.6 Å². The summed E-state index contributed by atoms with van der Waals surface area (Å²) in [6.07, 6.45) is 0.717. The van der Waals surface area contributed by atoms with Crippen LogP contribution in [0, 0.1) is 38.2 Å². The predicted molar refractivity (Wildman–Crippen MR) is 169 cm³/mol. The van der Waals surface area contributed by atoms with Crippen molar-refractivity contribution in [2.75, 3.05) is 19.6 Å². The van der Waals surface area contributed by atoms with Gasteiger partial charge in [0, 0.05) is 31.4 Å². The lowest BCUT2D eigenvalue weighted by atomic mass is 9.90. The molecule has 12 heteroatoms. The molecule has 0 radical (unpaired) electrons. The number of aliphatic carboxylic acids is 1. The number of amides is 1. The van der Waals surface area contributed by atoms with E-state index in [9.17, 15) is 32.7 Å². The van der Waals surface area contributed by atoms with E-state index in [4.69, 9.17) is 0 Å². The lowest BCUT2D eigenvalue weighted by Crippen LogP contribution is -2.49. The van der Waals surface area contributed by atoms with Crippen LogP contribution in [0.2, 0.25) is 0 Å². The molecule has 4 rings (SSSR count). The number of hydrogen-bond donors (Lipinski definition) is 2. The van der Waals surface area contributed by atoms with Crippen LogP contribution in [0.5, 0.6) is 0 Å². The van der Waals surface area contributed by atoms with Crippen LogP contribution in [0.15, 0.2) is 41.3 Å². The first-order valence-corrected chi connectivity index (χ1v) is 14.6. The van der Waals surface area contributed by atoms with E-state index in [2.05, 4.69) is 5.32 Å². The second-order valence-electron chi connectivity index (χ2n) is 11.6. The Kier molecular flexibility index (Phi) is 12.0. The van der Waals surface area contributed by atoms with Crippen LogP contribution in [0.4, 0.5) is 17.6 Å². The first-order valence-electron chi connectivity index (χ1n) is 14.6. The number of carbonyl (C=O) groups excluding carboxylic acids is 1. The SMILES string of the molecule is CCCC(C(=O)N[C@@H](CC(=O)O)c1cc(-c2c(C)cc(F)cc2C)cc(C)c1F)n1cc(CCN2CC(F)C2)cc(F)c1=O.S. The molecule has 2 N–H and O–H groups in total. The van der Waals surface area contributed by atoms with Crippen LogP contribution >= 0.6 is 13.5 Å². The maximum absolute atomic E-state index is 15.6. The van der Waals surface area contributed by atoms with E-state index in [0.29, 0.717) is 47.2 Å². The smallest absolute Gasteiger partial charge is 0.305 e. The molecule has 2 atom stereocenters. The average Bonchev–Trinajstić information content (AvgIpc) is 2.91. The fraction of sp³-hybridized carbons (Fsp3) is 0.424. The first-order chi connectivity index (χ1) is 20.8. The summed E-state index contributed by atoms with van der Waals surface area (Å²) in [6, 6.07) is 4.28. The molecule has 1 aromatic heterocycles. The minimum absolute atomic E-state index is 0. The lowest BCUT2D eigenvalue weighted by Gasteiger charge is -2.34. The summed E-state index contributed by atoms with van der Waals surface area (Å²) in [7, 11) is 0. The van der Waals surface area contributed by atoms with Gasteiger partial charge in [-0.15, -0.1) is 0 Å². The van der Waals surface area contributed by atoms with E-state index >= 15 is 4.39 Å². The summed E-state index contributed by atoms with van der Waals surface area (Å²) in [4.78, 5) is 40.4. The highest BCUT2D eigenvalue weighted by Gasteiger charge is 2.30. The van der Waals surface area contributed by atoms with Crippen molar-refractivity contribution in [1.82, 2.24) is 14.8 Å². The lowest BCUT2D eigenvalue weighted by molar-refractivity contribution is -0.138. The van der Waals surface area contributed by atoms with Crippen molar-refractivity contribution in [3.63, 3.8) is 0 Å². The monoisotopic (exact) mass is 649 g/mol. The second kappa shape index (κ2) is 15.1. The molecule has 1 amide bonds. The maximum Gasteiger partial charge on any atom is 0.305 e. The maximum atomic E-state index is 15.6. The van der Waals surface area contributed by atoms with Crippen LogP contribution < -0.4 is 10.9 Å². The minimum Gasteiger partial charge on any atom is -0.481 e. The Labute approximate surface area is 266 Å². The van der Waals surface area contributed by atoms with E-state index < -0.39 is 59.6 Å². The molecule has 2 aromatic carbocycles. The summed E-state index contributed by atoms with van der Waals surface area (Å²) >= 11 is 0. The van der Waals surface area contributed by atoms with Gasteiger partial charge in [-0.2, -0.15) is 13.5 Å².